The van der Waals surface area contributed by atoms with Gasteiger partial charge in [0.05, 0.1) is 5.60 Å². The van der Waals surface area contributed by atoms with E-state index in [9.17, 15) is 5.11 Å². The van der Waals surface area contributed by atoms with Crippen LogP contribution in [0.25, 0.3) is 0 Å². The van der Waals surface area contributed by atoms with Crippen LogP contribution in [-0.2, 0) is 0 Å². The molecule has 3 saturated carbocycles. The standard InChI is InChI=1S/C14H25NO/c15-10-13(6-2-7-13)14(16)8-1-3-12(9-14)11-4-5-11/h11-12,16H,1-10,15H2. The van der Waals surface area contributed by atoms with Gasteiger partial charge >= 0.3 is 0 Å². The van der Waals surface area contributed by atoms with E-state index in [-0.39, 0.29) is 5.41 Å². The highest BCUT2D eigenvalue weighted by Gasteiger charge is 2.55. The summed E-state index contributed by atoms with van der Waals surface area (Å²) in [5.41, 5.74) is 5.65. The van der Waals surface area contributed by atoms with Crippen molar-refractivity contribution in [2.24, 2.45) is 23.0 Å². The van der Waals surface area contributed by atoms with Crippen molar-refractivity contribution in [2.45, 2.75) is 63.4 Å². The molecule has 0 aromatic carbocycles. The van der Waals surface area contributed by atoms with Gasteiger partial charge in [-0.3, -0.25) is 0 Å². The van der Waals surface area contributed by atoms with Crippen LogP contribution in [0.2, 0.25) is 0 Å². The lowest BCUT2D eigenvalue weighted by molar-refractivity contribution is -0.154. The summed E-state index contributed by atoms with van der Waals surface area (Å²) in [6, 6.07) is 0. The van der Waals surface area contributed by atoms with Crippen LogP contribution in [0.4, 0.5) is 0 Å². The van der Waals surface area contributed by atoms with Crippen LogP contribution in [0.3, 0.4) is 0 Å². The van der Waals surface area contributed by atoms with Crippen LogP contribution in [-0.4, -0.2) is 17.3 Å². The molecule has 0 aromatic rings. The Hall–Kier alpha value is -0.0800. The van der Waals surface area contributed by atoms with Gasteiger partial charge in [-0.1, -0.05) is 12.8 Å². The fourth-order valence-electron chi connectivity index (χ4n) is 4.21. The first-order valence-corrected chi connectivity index (χ1v) is 7.12. The molecule has 2 unspecified atom stereocenters. The molecule has 16 heavy (non-hydrogen) atoms. The highest BCUT2D eigenvalue weighted by Crippen LogP contribution is 2.57. The molecular formula is C14H25NO. The Bertz CT molecular complexity index is 264. The molecule has 0 bridgehead atoms. The van der Waals surface area contributed by atoms with Crippen LogP contribution in [0.1, 0.15) is 57.8 Å². The van der Waals surface area contributed by atoms with Crippen LogP contribution < -0.4 is 5.73 Å². The van der Waals surface area contributed by atoms with Gasteiger partial charge in [0.2, 0.25) is 0 Å². The van der Waals surface area contributed by atoms with E-state index in [1.54, 1.807) is 0 Å². The van der Waals surface area contributed by atoms with E-state index in [0.717, 1.165) is 37.5 Å². The molecule has 0 amide bonds. The van der Waals surface area contributed by atoms with Crippen molar-refractivity contribution in [1.29, 1.82) is 0 Å². The molecule has 0 heterocycles. The summed E-state index contributed by atoms with van der Waals surface area (Å²) >= 11 is 0. The number of hydrogen-bond donors (Lipinski definition) is 2. The Morgan fingerprint density at radius 2 is 1.75 bits per heavy atom. The molecule has 3 aliphatic carbocycles. The third kappa shape index (κ3) is 1.53. The van der Waals surface area contributed by atoms with E-state index in [1.807, 2.05) is 0 Å². The van der Waals surface area contributed by atoms with E-state index >= 15 is 0 Å². The van der Waals surface area contributed by atoms with E-state index in [0.29, 0.717) is 6.54 Å². The minimum Gasteiger partial charge on any atom is -0.389 e. The van der Waals surface area contributed by atoms with E-state index in [4.69, 9.17) is 5.73 Å². The minimum absolute atomic E-state index is 0.0978. The molecule has 3 rings (SSSR count). The molecule has 2 heteroatoms. The summed E-state index contributed by atoms with van der Waals surface area (Å²) in [6.07, 6.45) is 11.1. The lowest BCUT2D eigenvalue weighted by Crippen LogP contribution is -2.58. The van der Waals surface area contributed by atoms with Crippen molar-refractivity contribution in [3.63, 3.8) is 0 Å². The molecule has 3 fully saturated rings. The van der Waals surface area contributed by atoms with E-state index in [1.165, 1.54) is 32.1 Å². The zero-order chi connectivity index (χ0) is 11.2. The van der Waals surface area contributed by atoms with Crippen LogP contribution in [0.5, 0.6) is 0 Å². The largest absolute Gasteiger partial charge is 0.389 e. The summed E-state index contributed by atoms with van der Waals surface area (Å²) in [4.78, 5) is 0. The Labute approximate surface area is 98.6 Å². The molecule has 3 aliphatic rings. The van der Waals surface area contributed by atoms with Gasteiger partial charge in [-0.15, -0.1) is 0 Å². The Morgan fingerprint density at radius 1 is 1.00 bits per heavy atom. The van der Waals surface area contributed by atoms with Crippen molar-refractivity contribution < 1.29 is 5.11 Å². The molecular weight excluding hydrogens is 198 g/mol. The van der Waals surface area contributed by atoms with Gasteiger partial charge in [0.25, 0.3) is 0 Å². The monoisotopic (exact) mass is 223 g/mol. The lowest BCUT2D eigenvalue weighted by atomic mass is 9.53. The van der Waals surface area contributed by atoms with E-state index < -0.39 is 5.60 Å². The van der Waals surface area contributed by atoms with Gasteiger partial charge in [-0.05, 0) is 56.8 Å². The molecule has 2 atom stereocenters. The fourth-order valence-corrected chi connectivity index (χ4v) is 4.21. The molecule has 0 saturated heterocycles. The van der Waals surface area contributed by atoms with Crippen molar-refractivity contribution in [3.05, 3.63) is 0 Å². The Balaban J connectivity index is 1.75. The van der Waals surface area contributed by atoms with Crippen molar-refractivity contribution in [3.8, 4) is 0 Å². The Morgan fingerprint density at radius 3 is 2.25 bits per heavy atom. The zero-order valence-corrected chi connectivity index (χ0v) is 10.3. The highest BCUT2D eigenvalue weighted by molar-refractivity contribution is 5.07. The van der Waals surface area contributed by atoms with Gasteiger partial charge in [0.15, 0.2) is 0 Å². The zero-order valence-electron chi connectivity index (χ0n) is 10.3. The van der Waals surface area contributed by atoms with Gasteiger partial charge in [0.1, 0.15) is 0 Å². The average molecular weight is 223 g/mol. The summed E-state index contributed by atoms with van der Waals surface area (Å²) < 4.78 is 0. The molecule has 0 aliphatic heterocycles. The van der Waals surface area contributed by atoms with Gasteiger partial charge in [-0.25, -0.2) is 0 Å². The van der Waals surface area contributed by atoms with Crippen molar-refractivity contribution in [1.82, 2.24) is 0 Å². The number of aliphatic hydroxyl groups is 1. The predicted molar refractivity (Wildman–Crippen MR) is 65.0 cm³/mol. The van der Waals surface area contributed by atoms with Crippen molar-refractivity contribution in [2.75, 3.05) is 6.54 Å². The molecule has 0 radical (unpaired) electrons. The SMILES string of the molecule is NCC1(C2(O)CCCC(C3CC3)C2)CCC1. The normalized spacial score (nSPS) is 42.8. The third-order valence-corrected chi connectivity index (χ3v) is 5.74. The maximum atomic E-state index is 11.0. The lowest BCUT2D eigenvalue weighted by Gasteiger charge is -2.56. The number of nitrogens with two attached hydrogens (primary N) is 1. The van der Waals surface area contributed by atoms with E-state index in [2.05, 4.69) is 0 Å². The van der Waals surface area contributed by atoms with Crippen molar-refractivity contribution >= 4 is 0 Å². The average Bonchev–Trinajstić information content (AvgIpc) is 2.99. The number of hydrogen-bond acceptors (Lipinski definition) is 2. The van der Waals surface area contributed by atoms with Crippen LogP contribution in [0.15, 0.2) is 0 Å². The maximum Gasteiger partial charge on any atom is 0.0718 e. The molecule has 92 valence electrons. The second-order valence-electron chi connectivity index (χ2n) is 6.56. The third-order valence-electron chi connectivity index (χ3n) is 5.74. The summed E-state index contributed by atoms with van der Waals surface area (Å²) in [6.45, 7) is 0.695. The molecule has 0 spiro atoms. The second kappa shape index (κ2) is 3.71. The smallest absolute Gasteiger partial charge is 0.0718 e. The minimum atomic E-state index is -0.411. The molecule has 2 nitrogen and oxygen atoms in total. The summed E-state index contributed by atoms with van der Waals surface area (Å²) in [5, 5.41) is 11.0. The molecule has 3 N–H and O–H groups in total. The van der Waals surface area contributed by atoms with Gasteiger partial charge in [0, 0.05) is 12.0 Å². The highest BCUT2D eigenvalue weighted by atomic mass is 16.3. The van der Waals surface area contributed by atoms with Crippen LogP contribution >= 0.6 is 0 Å². The summed E-state index contributed by atoms with van der Waals surface area (Å²) in [5.74, 6) is 1.75. The van der Waals surface area contributed by atoms with Gasteiger partial charge < -0.3 is 10.8 Å². The summed E-state index contributed by atoms with van der Waals surface area (Å²) in [7, 11) is 0. The fraction of sp³-hybridized carbons (Fsp3) is 1.00. The first kappa shape index (κ1) is 11.0. The van der Waals surface area contributed by atoms with Gasteiger partial charge in [-0.2, -0.15) is 0 Å². The quantitative estimate of drug-likeness (QED) is 0.772. The number of rotatable bonds is 3. The topological polar surface area (TPSA) is 46.2 Å². The maximum absolute atomic E-state index is 11.0. The Kier molecular flexibility index (Phi) is 2.56. The first-order chi connectivity index (χ1) is 7.69. The van der Waals surface area contributed by atoms with Crippen LogP contribution in [0, 0.1) is 17.3 Å². The predicted octanol–water partition coefficient (Wildman–Crippen LogP) is 2.45. The second-order valence-corrected chi connectivity index (χ2v) is 6.56. The first-order valence-electron chi connectivity index (χ1n) is 7.12. The molecule has 0 aromatic heterocycles.